The topological polar surface area (TPSA) is 158 Å². The number of allylic oxidation sites excluding steroid dienone is 1. The van der Waals surface area contributed by atoms with Crippen LogP contribution in [0.25, 0.3) is 0 Å². The van der Waals surface area contributed by atoms with E-state index in [0.717, 1.165) is 103 Å². The molecule has 0 fully saturated rings. The largest absolute Gasteiger partial charge is 0.459 e. The number of hydrogen-bond donors (Lipinski definition) is 4. The van der Waals surface area contributed by atoms with Gasteiger partial charge >= 0.3 is 11.9 Å². The van der Waals surface area contributed by atoms with Crippen molar-refractivity contribution in [2.45, 2.75) is 309 Å². The smallest absolute Gasteiger partial charge is 0.320 e. The van der Waals surface area contributed by atoms with Crippen molar-refractivity contribution in [3.8, 4) is 0 Å². The Hall–Kier alpha value is -2.80. The van der Waals surface area contributed by atoms with Crippen LogP contribution in [0.4, 0.5) is 0 Å². The van der Waals surface area contributed by atoms with E-state index in [0.29, 0.717) is 25.7 Å². The third-order valence-corrected chi connectivity index (χ3v) is 14.4. The van der Waals surface area contributed by atoms with Crippen LogP contribution in [-0.4, -0.2) is 115 Å². The molecule has 0 aliphatic heterocycles. The second kappa shape index (κ2) is 54.6. The Labute approximate surface area is 461 Å². The fraction of sp³-hybridized carbons (Fsp3) is 0.873. The van der Waals surface area contributed by atoms with Gasteiger partial charge in [-0.15, -0.1) is 0 Å². The Morgan fingerprint density at radius 2 is 0.773 bits per heavy atom. The van der Waals surface area contributed by atoms with E-state index < -0.39 is 24.4 Å². The van der Waals surface area contributed by atoms with Crippen LogP contribution in [0.5, 0.6) is 0 Å². The van der Waals surface area contributed by atoms with Crippen molar-refractivity contribution in [1.29, 1.82) is 0 Å². The van der Waals surface area contributed by atoms with Gasteiger partial charge in [-0.25, -0.2) is 0 Å². The molecule has 0 aromatic carbocycles. The van der Waals surface area contributed by atoms with E-state index in [1.54, 1.807) is 12.2 Å². The summed E-state index contributed by atoms with van der Waals surface area (Å²) in [6, 6.07) is 0. The predicted octanol–water partition coefficient (Wildman–Crippen LogP) is 14.4. The Bertz CT molecular complexity index is 1380. The highest BCUT2D eigenvalue weighted by atomic mass is 16.6. The first-order valence-electron chi connectivity index (χ1n) is 31.4. The molecule has 0 saturated heterocycles. The van der Waals surface area contributed by atoms with Crippen LogP contribution in [-0.2, 0) is 28.7 Å². The number of carbonyl (C=O) groups is 4. The summed E-state index contributed by atoms with van der Waals surface area (Å²) in [5.74, 6) is -0.886. The molecule has 75 heavy (non-hydrogen) atoms. The molecule has 12 heteroatoms. The molecule has 4 unspecified atom stereocenters. The Morgan fingerprint density at radius 3 is 1.20 bits per heavy atom. The molecule has 0 heterocycles. The quantitative estimate of drug-likeness (QED) is 0.0200. The maximum absolute atomic E-state index is 12.9. The number of nitrogens with one attached hydrogen (secondary N) is 2. The third kappa shape index (κ3) is 49.3. The molecule has 0 saturated carbocycles. The summed E-state index contributed by atoms with van der Waals surface area (Å²) in [5, 5.41) is 27.5. The van der Waals surface area contributed by atoms with Crippen molar-refractivity contribution in [2.75, 3.05) is 46.9 Å². The van der Waals surface area contributed by atoms with Gasteiger partial charge in [0, 0.05) is 12.8 Å². The zero-order valence-electron chi connectivity index (χ0n) is 49.7. The van der Waals surface area contributed by atoms with E-state index in [-0.39, 0.29) is 56.4 Å². The van der Waals surface area contributed by atoms with E-state index in [4.69, 9.17) is 9.47 Å². The van der Waals surface area contributed by atoms with Crippen LogP contribution in [0.15, 0.2) is 24.3 Å². The maximum atomic E-state index is 12.9. The lowest BCUT2D eigenvalue weighted by Gasteiger charge is -2.24. The first kappa shape index (κ1) is 72.2. The lowest BCUT2D eigenvalue weighted by Crippen LogP contribution is -2.36. The molecule has 0 aliphatic carbocycles. The Morgan fingerprint density at radius 1 is 0.427 bits per heavy atom. The molecule has 0 aromatic heterocycles. The van der Waals surface area contributed by atoms with Crippen LogP contribution in [0.2, 0.25) is 0 Å². The molecule has 440 valence electrons. The van der Waals surface area contributed by atoms with Crippen LogP contribution >= 0.6 is 0 Å². The number of nitrogens with zero attached hydrogens (tertiary/aromatic N) is 2. The van der Waals surface area contributed by atoms with Crippen LogP contribution in [0, 0.1) is 0 Å². The van der Waals surface area contributed by atoms with Crippen molar-refractivity contribution >= 4 is 23.8 Å². The van der Waals surface area contributed by atoms with Crippen LogP contribution < -0.4 is 10.6 Å². The highest BCUT2D eigenvalue weighted by Crippen LogP contribution is 2.18. The number of unbranched alkanes of at least 4 members (excludes halogenated alkanes) is 29. The fourth-order valence-electron chi connectivity index (χ4n) is 9.52. The van der Waals surface area contributed by atoms with Crippen molar-refractivity contribution in [3.63, 3.8) is 0 Å². The molecule has 0 aliphatic rings. The highest BCUT2D eigenvalue weighted by molar-refractivity contribution is 5.79. The number of hydrogen-bond acceptors (Lipinski definition) is 10. The molecule has 4 atom stereocenters. The Kier molecular flexibility index (Phi) is 52.5. The summed E-state index contributed by atoms with van der Waals surface area (Å²) in [5.41, 5.74) is 0. The average Bonchev–Trinajstić information content (AvgIpc) is 3.38. The lowest BCUT2D eigenvalue weighted by atomic mass is 10.0. The Balaban J connectivity index is 4.27. The second-order valence-corrected chi connectivity index (χ2v) is 22.0. The van der Waals surface area contributed by atoms with Crippen molar-refractivity contribution in [3.05, 3.63) is 24.3 Å². The van der Waals surface area contributed by atoms with Gasteiger partial charge in [0.1, 0.15) is 12.2 Å². The van der Waals surface area contributed by atoms with Crippen molar-refractivity contribution < 1.29 is 38.9 Å². The normalized spacial score (nSPS) is 13.5. The van der Waals surface area contributed by atoms with Gasteiger partial charge in [-0.3, -0.25) is 29.0 Å². The van der Waals surface area contributed by atoms with E-state index in [9.17, 15) is 29.4 Å². The molecular formula is C63H120N4O8. The number of rotatable bonds is 56. The van der Waals surface area contributed by atoms with Gasteiger partial charge in [0.25, 0.3) is 0 Å². The van der Waals surface area contributed by atoms with Crippen molar-refractivity contribution in [1.82, 2.24) is 20.4 Å². The number of likely N-dealkylation sites (N-methyl/N-ethyl adjacent to an activating group) is 2. The number of esters is 2. The number of aliphatic hydroxyl groups excluding tert-OH is 2. The zero-order valence-corrected chi connectivity index (χ0v) is 49.7. The van der Waals surface area contributed by atoms with E-state index in [1.165, 1.54) is 128 Å². The summed E-state index contributed by atoms with van der Waals surface area (Å²) in [7, 11) is 3.93. The van der Waals surface area contributed by atoms with E-state index in [2.05, 4.69) is 44.4 Å². The van der Waals surface area contributed by atoms with Gasteiger partial charge in [-0.05, 0) is 97.8 Å². The van der Waals surface area contributed by atoms with Gasteiger partial charge in [-0.2, -0.15) is 0 Å². The SMILES string of the molecule is CCCCCCCCCCCCCN(C)CC(=O)OC(CCCCC)C(O)CC=CCCCCCCCC(=O)NCNC(=O)CC=CCC(O)C(CCCCC)OC(=O)CN(C)CCCCCCCCCCCCC. The van der Waals surface area contributed by atoms with E-state index in [1.807, 2.05) is 30.0 Å². The van der Waals surface area contributed by atoms with Gasteiger partial charge in [0.05, 0.1) is 32.0 Å². The summed E-state index contributed by atoms with van der Waals surface area (Å²) >= 11 is 0. The van der Waals surface area contributed by atoms with Crippen LogP contribution in [0.1, 0.15) is 285 Å². The van der Waals surface area contributed by atoms with Crippen molar-refractivity contribution in [2.24, 2.45) is 0 Å². The van der Waals surface area contributed by atoms with Gasteiger partial charge in [0.2, 0.25) is 11.8 Å². The maximum Gasteiger partial charge on any atom is 0.320 e. The minimum Gasteiger partial charge on any atom is -0.459 e. The molecule has 0 aromatic rings. The van der Waals surface area contributed by atoms with Gasteiger partial charge < -0.3 is 30.3 Å². The summed E-state index contributed by atoms with van der Waals surface area (Å²) in [4.78, 5) is 54.6. The summed E-state index contributed by atoms with van der Waals surface area (Å²) in [6.45, 7) is 11.0. The average molecular weight is 1060 g/mol. The van der Waals surface area contributed by atoms with E-state index >= 15 is 0 Å². The third-order valence-electron chi connectivity index (χ3n) is 14.4. The first-order chi connectivity index (χ1) is 36.5. The molecule has 0 rings (SSSR count). The monoisotopic (exact) mass is 1060 g/mol. The van der Waals surface area contributed by atoms with Gasteiger partial charge in [-0.1, -0.05) is 225 Å². The number of carbonyl (C=O) groups excluding carboxylic acids is 4. The molecular weight excluding hydrogens is 941 g/mol. The first-order valence-corrected chi connectivity index (χ1v) is 31.4. The molecule has 12 nitrogen and oxygen atoms in total. The zero-order chi connectivity index (χ0) is 55.3. The minimum atomic E-state index is -0.853. The minimum absolute atomic E-state index is 0.0666. The standard InChI is InChI=1S/C63H120N4O8/c1-7-11-15-17-19-21-23-27-31-35-43-51-66(5)53-62(72)74-58(47-37-13-9-3)56(68)45-39-33-29-25-26-30-34-40-49-60(70)64-55-65-61(71)50-42-41-46-57(69)59(48-38-14-10-4)75-63(73)54-67(6)52-44-36-32-28-24-22-20-18-16-12-8-2/h33,39,41-42,56-59,68-69H,7-32,34-38,40,43-55H2,1-6H3,(H,64,70)(H,65,71). The molecule has 0 bridgehead atoms. The number of aliphatic hydroxyl groups is 2. The fourth-order valence-corrected chi connectivity index (χ4v) is 9.52. The van der Waals surface area contributed by atoms with Gasteiger partial charge in [0.15, 0.2) is 0 Å². The predicted molar refractivity (Wildman–Crippen MR) is 314 cm³/mol. The molecule has 0 spiro atoms. The van der Waals surface area contributed by atoms with Crippen LogP contribution in [0.3, 0.4) is 0 Å². The molecule has 0 radical (unpaired) electrons. The second-order valence-electron chi connectivity index (χ2n) is 22.0. The summed E-state index contributed by atoms with van der Waals surface area (Å²) < 4.78 is 11.7. The molecule has 2 amide bonds. The molecule has 4 N–H and O–H groups in total. The highest BCUT2D eigenvalue weighted by Gasteiger charge is 2.24. The lowest BCUT2D eigenvalue weighted by molar-refractivity contribution is -0.157. The number of amides is 2. The summed E-state index contributed by atoms with van der Waals surface area (Å²) in [6.07, 6.45) is 47.7. The number of ether oxygens (including phenoxy) is 2.